The quantitative estimate of drug-likeness (QED) is 0.588. The van der Waals surface area contributed by atoms with Crippen molar-refractivity contribution in [3.63, 3.8) is 0 Å². The van der Waals surface area contributed by atoms with E-state index in [0.717, 1.165) is 31.2 Å². The summed E-state index contributed by atoms with van der Waals surface area (Å²) in [5.74, 6) is 1.60. The third-order valence-electron chi connectivity index (χ3n) is 4.55. The largest absolute Gasteiger partial charge is 0.389 e. The topological polar surface area (TPSA) is 57.1 Å². The highest BCUT2D eigenvalue weighted by atomic mass is 16.5. The van der Waals surface area contributed by atoms with Crippen LogP contribution in [-0.2, 0) is 4.74 Å². The summed E-state index contributed by atoms with van der Waals surface area (Å²) in [5, 5.41) is 13.6. The van der Waals surface area contributed by atoms with Gasteiger partial charge in [-0.1, -0.05) is 37.3 Å². The number of aliphatic imine (C=N–C) groups is 1. The second-order valence-electron chi connectivity index (χ2n) is 6.93. The average molecular weight is 348 g/mol. The molecule has 1 aromatic carbocycles. The van der Waals surface area contributed by atoms with Gasteiger partial charge in [-0.2, -0.15) is 0 Å². The molecule has 1 fully saturated rings. The summed E-state index contributed by atoms with van der Waals surface area (Å²) < 4.78 is 5.79. The Labute approximate surface area is 152 Å². The Hall–Kier alpha value is -1.59. The molecule has 0 aromatic heterocycles. The van der Waals surface area contributed by atoms with Crippen molar-refractivity contribution in [1.82, 2.24) is 10.2 Å². The number of benzene rings is 1. The van der Waals surface area contributed by atoms with Gasteiger partial charge in [-0.15, -0.1) is 0 Å². The van der Waals surface area contributed by atoms with Crippen molar-refractivity contribution in [1.29, 1.82) is 0 Å². The van der Waals surface area contributed by atoms with Crippen LogP contribution in [-0.4, -0.2) is 54.9 Å². The Bertz CT molecular complexity index is 521. The molecule has 0 amide bonds. The normalized spacial score (nSPS) is 21.0. The zero-order chi connectivity index (χ0) is 18.1. The second-order valence-corrected chi connectivity index (χ2v) is 6.93. The van der Waals surface area contributed by atoms with E-state index in [4.69, 9.17) is 4.74 Å². The molecule has 5 heteroatoms. The molecule has 0 bridgehead atoms. The maximum Gasteiger partial charge on any atom is 0.194 e. The number of nitrogens with zero attached hydrogens (tertiary/aromatic N) is 2. The lowest BCUT2D eigenvalue weighted by Crippen LogP contribution is -2.46. The number of guanidine groups is 1. The van der Waals surface area contributed by atoms with Gasteiger partial charge in [0.05, 0.1) is 25.4 Å². The van der Waals surface area contributed by atoms with Crippen LogP contribution in [0.4, 0.5) is 0 Å². The molecular formula is C20H33N3O2. The van der Waals surface area contributed by atoms with Gasteiger partial charge in [0.2, 0.25) is 0 Å². The second kappa shape index (κ2) is 10.4. The Kier molecular flexibility index (Phi) is 8.22. The van der Waals surface area contributed by atoms with Crippen LogP contribution in [0, 0.1) is 5.92 Å². The molecule has 0 saturated carbocycles. The first-order valence-corrected chi connectivity index (χ1v) is 9.48. The summed E-state index contributed by atoms with van der Waals surface area (Å²) in [4.78, 5) is 6.93. The highest BCUT2D eigenvalue weighted by molar-refractivity contribution is 5.80. The number of hydrogen-bond donors (Lipinski definition) is 2. The van der Waals surface area contributed by atoms with Crippen LogP contribution >= 0.6 is 0 Å². The summed E-state index contributed by atoms with van der Waals surface area (Å²) in [7, 11) is 0. The lowest BCUT2D eigenvalue weighted by Gasteiger charge is -2.33. The minimum absolute atomic E-state index is 0.0315. The van der Waals surface area contributed by atoms with Gasteiger partial charge in [0.1, 0.15) is 0 Å². The van der Waals surface area contributed by atoms with Crippen molar-refractivity contribution in [2.24, 2.45) is 10.9 Å². The third kappa shape index (κ3) is 6.67. The van der Waals surface area contributed by atoms with E-state index in [1.54, 1.807) is 0 Å². The van der Waals surface area contributed by atoms with E-state index >= 15 is 0 Å². The molecule has 2 rings (SSSR count). The van der Waals surface area contributed by atoms with Gasteiger partial charge < -0.3 is 20.1 Å². The van der Waals surface area contributed by atoms with E-state index in [1.165, 1.54) is 12.8 Å². The molecule has 3 unspecified atom stereocenters. The maximum atomic E-state index is 10.2. The molecular weight excluding hydrogens is 314 g/mol. The first-order chi connectivity index (χ1) is 12.1. The fourth-order valence-electron chi connectivity index (χ4n) is 3.13. The summed E-state index contributed by atoms with van der Waals surface area (Å²) in [6.07, 6.45) is 1.85. The van der Waals surface area contributed by atoms with Crippen molar-refractivity contribution in [3.05, 3.63) is 35.9 Å². The highest BCUT2D eigenvalue weighted by Gasteiger charge is 2.19. The van der Waals surface area contributed by atoms with E-state index < -0.39 is 6.10 Å². The molecule has 1 aliphatic rings. The van der Waals surface area contributed by atoms with Crippen molar-refractivity contribution >= 4 is 5.96 Å². The van der Waals surface area contributed by atoms with Gasteiger partial charge in [0.15, 0.2) is 5.96 Å². The molecule has 1 aliphatic heterocycles. The fraction of sp³-hybridized carbons (Fsp3) is 0.650. The number of ether oxygens (including phenoxy) is 1. The van der Waals surface area contributed by atoms with Gasteiger partial charge in [0, 0.05) is 19.6 Å². The summed E-state index contributed by atoms with van der Waals surface area (Å²) in [6, 6.07) is 10.1. The minimum atomic E-state index is -0.595. The van der Waals surface area contributed by atoms with Crippen molar-refractivity contribution in [2.45, 2.75) is 45.8 Å². The smallest absolute Gasteiger partial charge is 0.194 e. The van der Waals surface area contributed by atoms with Crippen LogP contribution in [0.25, 0.3) is 0 Å². The first kappa shape index (κ1) is 19.7. The number of nitrogens with one attached hydrogen (secondary N) is 1. The van der Waals surface area contributed by atoms with Crippen LogP contribution in [0.2, 0.25) is 0 Å². The van der Waals surface area contributed by atoms with Gasteiger partial charge in [-0.05, 0) is 38.2 Å². The molecule has 5 nitrogen and oxygen atoms in total. The molecule has 0 spiro atoms. The van der Waals surface area contributed by atoms with E-state index in [0.29, 0.717) is 12.5 Å². The fourth-order valence-corrected chi connectivity index (χ4v) is 3.13. The van der Waals surface area contributed by atoms with Gasteiger partial charge in [-0.3, -0.25) is 4.99 Å². The van der Waals surface area contributed by atoms with E-state index in [9.17, 15) is 5.11 Å². The molecule has 0 radical (unpaired) electrons. The molecule has 3 atom stereocenters. The summed E-state index contributed by atoms with van der Waals surface area (Å²) in [6.45, 7) is 9.90. The lowest BCUT2D eigenvalue weighted by atomic mass is 10.0. The van der Waals surface area contributed by atoms with Crippen molar-refractivity contribution in [3.8, 4) is 0 Å². The molecule has 1 aromatic rings. The zero-order valence-corrected chi connectivity index (χ0v) is 15.8. The number of aliphatic hydroxyl groups excluding tert-OH is 1. The Morgan fingerprint density at radius 1 is 1.40 bits per heavy atom. The van der Waals surface area contributed by atoms with Crippen LogP contribution in [0.1, 0.15) is 45.3 Å². The standard InChI is InChI=1S/C20H33N3O2/c1-4-21-20(23-12-8-9-16(2)14-23)22-13-19(24)15-25-17(3)18-10-6-5-7-11-18/h5-7,10-11,16-17,19,24H,4,8-9,12-15H2,1-3H3,(H,21,22). The molecule has 25 heavy (non-hydrogen) atoms. The Morgan fingerprint density at radius 2 is 2.16 bits per heavy atom. The number of aliphatic hydroxyl groups is 1. The van der Waals surface area contributed by atoms with E-state index in [-0.39, 0.29) is 12.7 Å². The predicted octanol–water partition coefficient (Wildman–Crippen LogP) is 2.82. The molecule has 140 valence electrons. The Morgan fingerprint density at radius 3 is 2.84 bits per heavy atom. The minimum Gasteiger partial charge on any atom is -0.389 e. The highest BCUT2D eigenvalue weighted by Crippen LogP contribution is 2.17. The van der Waals surface area contributed by atoms with Gasteiger partial charge in [-0.25, -0.2) is 0 Å². The molecule has 1 heterocycles. The van der Waals surface area contributed by atoms with Crippen LogP contribution in [0.5, 0.6) is 0 Å². The lowest BCUT2D eigenvalue weighted by molar-refractivity contribution is 0.00103. The van der Waals surface area contributed by atoms with Gasteiger partial charge >= 0.3 is 0 Å². The monoisotopic (exact) mass is 347 g/mol. The van der Waals surface area contributed by atoms with Gasteiger partial charge in [0.25, 0.3) is 0 Å². The predicted molar refractivity (Wildman–Crippen MR) is 103 cm³/mol. The van der Waals surface area contributed by atoms with Crippen LogP contribution in [0.3, 0.4) is 0 Å². The van der Waals surface area contributed by atoms with Crippen molar-refractivity contribution in [2.75, 3.05) is 32.8 Å². The number of piperidine rings is 1. The zero-order valence-electron chi connectivity index (χ0n) is 15.8. The maximum absolute atomic E-state index is 10.2. The molecule has 1 saturated heterocycles. The van der Waals surface area contributed by atoms with Crippen LogP contribution in [0.15, 0.2) is 35.3 Å². The summed E-state index contributed by atoms with van der Waals surface area (Å²) in [5.41, 5.74) is 1.12. The van der Waals surface area contributed by atoms with E-state index in [1.807, 2.05) is 37.3 Å². The van der Waals surface area contributed by atoms with Crippen LogP contribution < -0.4 is 5.32 Å². The Balaban J connectivity index is 1.82. The summed E-state index contributed by atoms with van der Waals surface area (Å²) >= 11 is 0. The molecule has 0 aliphatic carbocycles. The van der Waals surface area contributed by atoms with E-state index in [2.05, 4.69) is 29.1 Å². The number of rotatable bonds is 7. The van der Waals surface area contributed by atoms with Crippen molar-refractivity contribution < 1.29 is 9.84 Å². The SMILES string of the molecule is CCNC(=NCC(O)COC(C)c1ccccc1)N1CCCC(C)C1. The molecule has 2 N–H and O–H groups in total. The third-order valence-corrected chi connectivity index (χ3v) is 4.55. The first-order valence-electron chi connectivity index (χ1n) is 9.48. The average Bonchev–Trinajstić information content (AvgIpc) is 2.63. The number of likely N-dealkylation sites (tertiary alicyclic amines) is 1. The number of hydrogen-bond acceptors (Lipinski definition) is 3.